The molecule has 1 saturated carbocycles. The van der Waals surface area contributed by atoms with Gasteiger partial charge >= 0.3 is 0 Å². The third kappa shape index (κ3) is 2.46. The van der Waals surface area contributed by atoms with E-state index in [1.807, 2.05) is 6.92 Å². The number of rotatable bonds is 4. The second-order valence-electron chi connectivity index (χ2n) is 5.14. The van der Waals surface area contributed by atoms with Crippen LogP contribution in [0.2, 0.25) is 0 Å². The van der Waals surface area contributed by atoms with E-state index in [-0.39, 0.29) is 5.91 Å². The van der Waals surface area contributed by atoms with E-state index in [1.165, 1.54) is 0 Å². The molecule has 104 valence electrons. The van der Waals surface area contributed by atoms with Gasteiger partial charge in [-0.1, -0.05) is 12.2 Å². The zero-order valence-electron chi connectivity index (χ0n) is 11.5. The van der Waals surface area contributed by atoms with Gasteiger partial charge < -0.3 is 4.74 Å². The predicted molar refractivity (Wildman–Crippen MR) is 77.9 cm³/mol. The summed E-state index contributed by atoms with van der Waals surface area (Å²) in [5, 5.41) is 4.25. The van der Waals surface area contributed by atoms with Crippen LogP contribution < -0.4 is 10.2 Å². The van der Waals surface area contributed by atoms with Gasteiger partial charge in [-0.25, -0.2) is 5.43 Å². The summed E-state index contributed by atoms with van der Waals surface area (Å²) >= 11 is 0. The van der Waals surface area contributed by atoms with Gasteiger partial charge in [0.2, 0.25) is 0 Å². The molecule has 4 heteroatoms. The van der Waals surface area contributed by atoms with E-state index >= 15 is 0 Å². The number of hydrogen-bond donors (Lipinski definition) is 1. The Morgan fingerprint density at radius 3 is 2.90 bits per heavy atom. The molecule has 0 aromatic heterocycles. The third-order valence-electron chi connectivity index (χ3n) is 3.89. The summed E-state index contributed by atoms with van der Waals surface area (Å²) in [7, 11) is 0. The first-order valence-corrected chi connectivity index (χ1v) is 7.04. The van der Waals surface area contributed by atoms with Crippen LogP contribution >= 0.6 is 0 Å². The van der Waals surface area contributed by atoms with Crippen LogP contribution in [-0.2, 0) is 0 Å². The molecule has 1 N–H and O–H groups in total. The van der Waals surface area contributed by atoms with Crippen molar-refractivity contribution in [3.8, 4) is 5.75 Å². The molecule has 1 aromatic rings. The van der Waals surface area contributed by atoms with E-state index in [9.17, 15) is 4.79 Å². The summed E-state index contributed by atoms with van der Waals surface area (Å²) < 4.78 is 5.35. The minimum Gasteiger partial charge on any atom is -0.494 e. The number of allylic oxidation sites excluding steroid dienone is 2. The Morgan fingerprint density at radius 2 is 2.20 bits per heavy atom. The van der Waals surface area contributed by atoms with Gasteiger partial charge in [0.05, 0.1) is 6.61 Å². The molecule has 3 rings (SSSR count). The number of fused-ring (bicyclic) bond motifs is 1. The molecule has 2 aliphatic carbocycles. The minimum atomic E-state index is -0.171. The molecular weight excluding hydrogens is 252 g/mol. The maximum absolute atomic E-state index is 12.0. The molecule has 20 heavy (non-hydrogen) atoms. The van der Waals surface area contributed by atoms with Crippen LogP contribution in [0.5, 0.6) is 5.75 Å². The molecule has 2 atom stereocenters. The highest BCUT2D eigenvalue weighted by atomic mass is 16.5. The average molecular weight is 270 g/mol. The quantitative estimate of drug-likeness (QED) is 0.675. The second-order valence-corrected chi connectivity index (χ2v) is 5.14. The Labute approximate surface area is 118 Å². The van der Waals surface area contributed by atoms with Crippen molar-refractivity contribution in [3.63, 3.8) is 0 Å². The number of benzene rings is 1. The number of ether oxygens (including phenoxy) is 1. The van der Waals surface area contributed by atoms with Gasteiger partial charge in [-0.3, -0.25) is 4.79 Å². The number of hydrazone groups is 1. The highest BCUT2D eigenvalue weighted by Gasteiger charge is 2.37. The molecule has 2 aliphatic rings. The molecule has 0 radical (unpaired) electrons. The largest absolute Gasteiger partial charge is 0.494 e. The molecule has 1 fully saturated rings. The zero-order chi connectivity index (χ0) is 13.9. The van der Waals surface area contributed by atoms with E-state index in [4.69, 9.17) is 4.74 Å². The van der Waals surface area contributed by atoms with Gasteiger partial charge in [0.1, 0.15) is 5.75 Å². The van der Waals surface area contributed by atoms with Crippen molar-refractivity contribution in [1.29, 1.82) is 0 Å². The fourth-order valence-electron chi connectivity index (χ4n) is 2.72. The van der Waals surface area contributed by atoms with Gasteiger partial charge in [-0.2, -0.15) is 5.10 Å². The predicted octanol–water partition coefficient (Wildman–Crippen LogP) is 2.77. The van der Waals surface area contributed by atoms with Crippen molar-refractivity contribution in [2.24, 2.45) is 16.9 Å². The number of carbonyl (C=O) groups excluding carboxylic acids is 1. The van der Waals surface area contributed by atoms with Crippen molar-refractivity contribution in [3.05, 3.63) is 42.0 Å². The molecule has 0 heterocycles. The average Bonchev–Trinajstić information content (AvgIpc) is 2.81. The lowest BCUT2D eigenvalue weighted by Gasteiger charge is -2.31. The van der Waals surface area contributed by atoms with E-state index < -0.39 is 0 Å². The number of hydrogen-bond acceptors (Lipinski definition) is 3. The maximum atomic E-state index is 12.0. The standard InChI is InChI=1S/C16H18N2O2/c1-2-20-13-8-6-11(7-9-13)16(19)18-17-15-10-12-4-3-5-14(12)15/h3-4,6-9,12,14H,2,5,10H2,1H3,(H,18,19). The summed E-state index contributed by atoms with van der Waals surface area (Å²) in [5.41, 5.74) is 4.35. The van der Waals surface area contributed by atoms with Crippen LogP contribution in [0.15, 0.2) is 41.5 Å². The van der Waals surface area contributed by atoms with Crippen LogP contribution in [0.4, 0.5) is 0 Å². The van der Waals surface area contributed by atoms with E-state index in [0.29, 0.717) is 24.0 Å². The van der Waals surface area contributed by atoms with Gasteiger partial charge in [0.15, 0.2) is 0 Å². The lowest BCUT2D eigenvalue weighted by Crippen LogP contribution is -2.35. The molecule has 2 unspecified atom stereocenters. The molecule has 1 amide bonds. The van der Waals surface area contributed by atoms with Gasteiger partial charge in [-0.15, -0.1) is 0 Å². The molecular formula is C16H18N2O2. The van der Waals surface area contributed by atoms with Gasteiger partial charge in [-0.05, 0) is 49.9 Å². The summed E-state index contributed by atoms with van der Waals surface area (Å²) in [4.78, 5) is 12.0. The first-order chi connectivity index (χ1) is 9.78. The molecule has 0 saturated heterocycles. The van der Waals surface area contributed by atoms with Crippen molar-refractivity contribution >= 4 is 11.6 Å². The Balaban J connectivity index is 1.58. The first-order valence-electron chi connectivity index (χ1n) is 7.04. The highest BCUT2D eigenvalue weighted by molar-refractivity contribution is 5.98. The van der Waals surface area contributed by atoms with Crippen molar-refractivity contribution in [1.82, 2.24) is 5.43 Å². The van der Waals surface area contributed by atoms with Crippen molar-refractivity contribution in [2.75, 3.05) is 6.61 Å². The SMILES string of the molecule is CCOc1ccc(C(=O)NN=C2CC3C=CCC23)cc1. The Hall–Kier alpha value is -2.10. The van der Waals surface area contributed by atoms with Crippen molar-refractivity contribution < 1.29 is 9.53 Å². The molecule has 0 aliphatic heterocycles. The smallest absolute Gasteiger partial charge is 0.271 e. The lowest BCUT2D eigenvalue weighted by atomic mass is 9.74. The van der Waals surface area contributed by atoms with Crippen molar-refractivity contribution in [2.45, 2.75) is 19.8 Å². The highest BCUT2D eigenvalue weighted by Crippen LogP contribution is 2.40. The normalized spacial score (nSPS) is 25.1. The molecule has 0 spiro atoms. The van der Waals surface area contributed by atoms with Crippen LogP contribution in [-0.4, -0.2) is 18.2 Å². The maximum Gasteiger partial charge on any atom is 0.271 e. The fourth-order valence-corrected chi connectivity index (χ4v) is 2.72. The van der Waals surface area contributed by atoms with Crippen LogP contribution in [0.25, 0.3) is 0 Å². The molecule has 4 nitrogen and oxygen atoms in total. The van der Waals surface area contributed by atoms with Gasteiger partial charge in [0.25, 0.3) is 5.91 Å². The Morgan fingerprint density at radius 1 is 1.40 bits per heavy atom. The summed E-state index contributed by atoms with van der Waals surface area (Å²) in [6.07, 6.45) is 6.48. The van der Waals surface area contributed by atoms with E-state index in [2.05, 4.69) is 22.7 Å². The lowest BCUT2D eigenvalue weighted by molar-refractivity contribution is 0.0954. The van der Waals surface area contributed by atoms with Crippen LogP contribution in [0.3, 0.4) is 0 Å². The molecule has 1 aromatic carbocycles. The molecule has 0 bridgehead atoms. The van der Waals surface area contributed by atoms with Crippen LogP contribution in [0, 0.1) is 11.8 Å². The minimum absolute atomic E-state index is 0.171. The zero-order valence-corrected chi connectivity index (χ0v) is 11.5. The van der Waals surface area contributed by atoms with Gasteiger partial charge in [0, 0.05) is 17.2 Å². The van der Waals surface area contributed by atoms with E-state index in [1.54, 1.807) is 24.3 Å². The summed E-state index contributed by atoms with van der Waals surface area (Å²) in [5.74, 6) is 1.77. The number of carbonyl (C=O) groups is 1. The Bertz CT molecular complexity index is 560. The topological polar surface area (TPSA) is 50.7 Å². The van der Waals surface area contributed by atoms with Crippen LogP contribution in [0.1, 0.15) is 30.1 Å². The number of nitrogens with zero attached hydrogens (tertiary/aromatic N) is 1. The van der Waals surface area contributed by atoms with E-state index in [0.717, 1.165) is 24.3 Å². The monoisotopic (exact) mass is 270 g/mol. The summed E-state index contributed by atoms with van der Waals surface area (Å²) in [6, 6.07) is 7.10. The summed E-state index contributed by atoms with van der Waals surface area (Å²) in [6.45, 7) is 2.55. The Kier molecular flexibility index (Phi) is 3.54. The first kappa shape index (κ1) is 12.9. The second kappa shape index (κ2) is 5.49. The number of nitrogens with one attached hydrogen (secondary N) is 1. The fraction of sp³-hybridized carbons (Fsp3) is 0.375. The third-order valence-corrected chi connectivity index (χ3v) is 3.89. The number of amides is 1.